The molecule has 0 fully saturated rings. The zero-order chi connectivity index (χ0) is 12.7. The third-order valence-electron chi connectivity index (χ3n) is 2.31. The predicted octanol–water partition coefficient (Wildman–Crippen LogP) is 4.09. The van der Waals surface area contributed by atoms with E-state index < -0.39 is 0 Å². The van der Waals surface area contributed by atoms with E-state index in [1.54, 1.807) is 7.11 Å². The second-order valence-electron chi connectivity index (χ2n) is 3.39. The SMILES string of the molecule is CC.COc1nc(-c2ccccc2)ccc1C. The molecule has 2 heteroatoms. The van der Waals surface area contributed by atoms with Crippen molar-refractivity contribution in [1.82, 2.24) is 4.98 Å². The van der Waals surface area contributed by atoms with E-state index in [-0.39, 0.29) is 0 Å². The molecule has 2 aromatic rings. The number of hydrogen-bond acceptors (Lipinski definition) is 2. The summed E-state index contributed by atoms with van der Waals surface area (Å²) in [6.07, 6.45) is 0. The highest BCUT2D eigenvalue weighted by Crippen LogP contribution is 2.21. The standard InChI is InChI=1S/C13H13NO.C2H6/c1-10-8-9-12(14-13(10)15-2)11-6-4-3-5-7-11;1-2/h3-9H,1-2H3;1-2H3. The first-order valence-electron chi connectivity index (χ1n) is 5.88. The molecule has 0 radical (unpaired) electrons. The summed E-state index contributed by atoms with van der Waals surface area (Å²) in [5.74, 6) is 0.691. The van der Waals surface area contributed by atoms with Crippen LogP contribution in [0.15, 0.2) is 42.5 Å². The van der Waals surface area contributed by atoms with Crippen LogP contribution in [0.3, 0.4) is 0 Å². The van der Waals surface area contributed by atoms with Gasteiger partial charge < -0.3 is 4.74 Å². The van der Waals surface area contributed by atoms with E-state index in [1.807, 2.05) is 63.2 Å². The first-order valence-corrected chi connectivity index (χ1v) is 5.88. The molecule has 0 bridgehead atoms. The van der Waals surface area contributed by atoms with Crippen LogP contribution in [0.25, 0.3) is 11.3 Å². The summed E-state index contributed by atoms with van der Waals surface area (Å²) in [7, 11) is 1.64. The normalized spacial score (nSPS) is 9.18. The van der Waals surface area contributed by atoms with Gasteiger partial charge in [-0.1, -0.05) is 50.2 Å². The second kappa shape index (κ2) is 6.69. The fourth-order valence-corrected chi connectivity index (χ4v) is 1.49. The lowest BCUT2D eigenvalue weighted by Gasteiger charge is -2.06. The minimum Gasteiger partial charge on any atom is -0.481 e. The molecule has 17 heavy (non-hydrogen) atoms. The Kier molecular flexibility index (Phi) is 5.21. The molecule has 90 valence electrons. The molecular weight excluding hydrogens is 210 g/mol. The van der Waals surface area contributed by atoms with Gasteiger partial charge in [0.2, 0.25) is 5.88 Å². The van der Waals surface area contributed by atoms with Crippen molar-refractivity contribution in [3.63, 3.8) is 0 Å². The van der Waals surface area contributed by atoms with Crippen molar-refractivity contribution in [3.8, 4) is 17.1 Å². The van der Waals surface area contributed by atoms with Crippen LogP contribution in [-0.2, 0) is 0 Å². The zero-order valence-electron chi connectivity index (χ0n) is 10.9. The summed E-state index contributed by atoms with van der Waals surface area (Å²) in [5.41, 5.74) is 3.10. The van der Waals surface area contributed by atoms with E-state index in [1.165, 1.54) is 0 Å². The average Bonchev–Trinajstić information content (AvgIpc) is 2.42. The molecule has 0 aliphatic heterocycles. The van der Waals surface area contributed by atoms with Gasteiger partial charge in [-0.3, -0.25) is 0 Å². The van der Waals surface area contributed by atoms with Crippen LogP contribution in [0.4, 0.5) is 0 Å². The molecule has 1 aromatic carbocycles. The molecule has 0 N–H and O–H groups in total. The number of nitrogens with zero attached hydrogens (tertiary/aromatic N) is 1. The molecule has 0 amide bonds. The summed E-state index contributed by atoms with van der Waals surface area (Å²) >= 11 is 0. The van der Waals surface area contributed by atoms with E-state index in [2.05, 4.69) is 4.98 Å². The summed E-state index contributed by atoms with van der Waals surface area (Å²) in [4.78, 5) is 4.44. The predicted molar refractivity (Wildman–Crippen MR) is 72.3 cm³/mol. The van der Waals surface area contributed by atoms with Crippen LogP contribution in [0.2, 0.25) is 0 Å². The van der Waals surface area contributed by atoms with Gasteiger partial charge in [-0.25, -0.2) is 4.98 Å². The number of aromatic nitrogens is 1. The Morgan fingerprint density at radius 1 is 0.941 bits per heavy atom. The van der Waals surface area contributed by atoms with Crippen molar-refractivity contribution >= 4 is 0 Å². The summed E-state index contributed by atoms with van der Waals surface area (Å²) in [6.45, 7) is 5.99. The van der Waals surface area contributed by atoms with Gasteiger partial charge in [0.05, 0.1) is 12.8 Å². The topological polar surface area (TPSA) is 22.1 Å². The largest absolute Gasteiger partial charge is 0.481 e. The number of aryl methyl sites for hydroxylation is 1. The molecule has 0 atom stereocenters. The number of rotatable bonds is 2. The first kappa shape index (κ1) is 13.2. The van der Waals surface area contributed by atoms with Gasteiger partial charge in [-0.2, -0.15) is 0 Å². The highest BCUT2D eigenvalue weighted by atomic mass is 16.5. The molecule has 2 rings (SSSR count). The smallest absolute Gasteiger partial charge is 0.216 e. The number of benzene rings is 1. The molecule has 0 saturated heterocycles. The van der Waals surface area contributed by atoms with Crippen LogP contribution < -0.4 is 4.74 Å². The minimum absolute atomic E-state index is 0.691. The number of ether oxygens (including phenoxy) is 1. The highest BCUT2D eigenvalue weighted by Gasteiger charge is 2.03. The molecular formula is C15H19NO. The Morgan fingerprint density at radius 2 is 1.59 bits per heavy atom. The van der Waals surface area contributed by atoms with Crippen molar-refractivity contribution in [2.45, 2.75) is 20.8 Å². The van der Waals surface area contributed by atoms with Crippen molar-refractivity contribution in [1.29, 1.82) is 0 Å². The minimum atomic E-state index is 0.691. The van der Waals surface area contributed by atoms with Crippen LogP contribution in [0.1, 0.15) is 19.4 Å². The Morgan fingerprint density at radius 3 is 2.18 bits per heavy atom. The van der Waals surface area contributed by atoms with E-state index in [4.69, 9.17) is 4.74 Å². The molecule has 0 aliphatic carbocycles. The monoisotopic (exact) mass is 229 g/mol. The molecule has 1 heterocycles. The third-order valence-corrected chi connectivity index (χ3v) is 2.31. The fraction of sp³-hybridized carbons (Fsp3) is 0.267. The molecule has 0 aliphatic rings. The molecule has 0 saturated carbocycles. The van der Waals surface area contributed by atoms with Gasteiger partial charge in [0.1, 0.15) is 0 Å². The quantitative estimate of drug-likeness (QED) is 0.773. The first-order chi connectivity index (χ1) is 8.31. The Labute approximate surface area is 103 Å². The maximum absolute atomic E-state index is 5.20. The van der Waals surface area contributed by atoms with Gasteiger partial charge in [-0.05, 0) is 13.0 Å². The van der Waals surface area contributed by atoms with Crippen LogP contribution >= 0.6 is 0 Å². The summed E-state index contributed by atoms with van der Waals surface area (Å²) < 4.78 is 5.20. The number of methoxy groups -OCH3 is 1. The molecule has 0 unspecified atom stereocenters. The van der Waals surface area contributed by atoms with Gasteiger partial charge >= 0.3 is 0 Å². The third kappa shape index (κ3) is 3.31. The van der Waals surface area contributed by atoms with E-state index >= 15 is 0 Å². The summed E-state index contributed by atoms with van der Waals surface area (Å²) in [6, 6.07) is 14.1. The van der Waals surface area contributed by atoms with Gasteiger partial charge in [0, 0.05) is 11.1 Å². The lowest BCUT2D eigenvalue weighted by atomic mass is 10.1. The lowest BCUT2D eigenvalue weighted by molar-refractivity contribution is 0.395. The highest BCUT2D eigenvalue weighted by molar-refractivity contribution is 5.59. The Hall–Kier alpha value is -1.83. The van der Waals surface area contributed by atoms with Crippen molar-refractivity contribution in [2.24, 2.45) is 0 Å². The van der Waals surface area contributed by atoms with Crippen LogP contribution in [0, 0.1) is 6.92 Å². The van der Waals surface area contributed by atoms with E-state index in [0.29, 0.717) is 5.88 Å². The van der Waals surface area contributed by atoms with Crippen molar-refractivity contribution in [2.75, 3.05) is 7.11 Å². The maximum Gasteiger partial charge on any atom is 0.216 e. The van der Waals surface area contributed by atoms with Crippen LogP contribution in [0.5, 0.6) is 5.88 Å². The maximum atomic E-state index is 5.20. The fourth-order valence-electron chi connectivity index (χ4n) is 1.49. The molecule has 2 nitrogen and oxygen atoms in total. The Bertz CT molecular complexity index is 452. The molecule has 1 aromatic heterocycles. The number of pyridine rings is 1. The zero-order valence-corrected chi connectivity index (χ0v) is 10.9. The average molecular weight is 229 g/mol. The second-order valence-corrected chi connectivity index (χ2v) is 3.39. The number of hydrogen-bond donors (Lipinski definition) is 0. The van der Waals surface area contributed by atoms with Gasteiger partial charge in [-0.15, -0.1) is 0 Å². The van der Waals surface area contributed by atoms with Crippen molar-refractivity contribution in [3.05, 3.63) is 48.0 Å². The van der Waals surface area contributed by atoms with E-state index in [9.17, 15) is 0 Å². The summed E-state index contributed by atoms with van der Waals surface area (Å²) in [5, 5.41) is 0. The van der Waals surface area contributed by atoms with Gasteiger partial charge in [0.15, 0.2) is 0 Å². The molecule has 0 spiro atoms. The van der Waals surface area contributed by atoms with Gasteiger partial charge in [0.25, 0.3) is 0 Å². The Balaban J connectivity index is 0.000000686. The lowest BCUT2D eigenvalue weighted by Crippen LogP contribution is -1.92. The van der Waals surface area contributed by atoms with Crippen LogP contribution in [-0.4, -0.2) is 12.1 Å². The van der Waals surface area contributed by atoms with E-state index in [0.717, 1.165) is 16.8 Å². The van der Waals surface area contributed by atoms with Crippen molar-refractivity contribution < 1.29 is 4.74 Å².